The molecule has 0 saturated carbocycles. The van der Waals surface area contributed by atoms with E-state index in [2.05, 4.69) is 209 Å². The van der Waals surface area contributed by atoms with Crippen LogP contribution in [0.1, 0.15) is 171 Å². The number of anilines is 9. The summed E-state index contributed by atoms with van der Waals surface area (Å²) in [4.78, 5) is 82.1. The molecule has 25 heteroatoms. The van der Waals surface area contributed by atoms with Crippen molar-refractivity contribution in [2.24, 2.45) is 15.0 Å². The zero-order chi connectivity index (χ0) is 80.0. The molecule has 25 nitrogen and oxygen atoms in total. The van der Waals surface area contributed by atoms with E-state index in [0.717, 1.165) is 214 Å². The first kappa shape index (κ1) is 87.5. The van der Waals surface area contributed by atoms with E-state index in [1.165, 1.54) is 33.4 Å². The standard InChI is InChI=1S/C34H40N6O3.C29H32N6O2.C28H30N6O2.3CH4/c1-39(17-6-3-2-4-8-30(41)24-43-32-9-5-7-19-42-32)29-14-12-28(13-15-29)37-33-34-36-16-18-40(34)23-31(38-33)25-10-11-26-21-35-22-27(26)20-25;1-34(14-5-3-2-4-6-26(37)20-36)25-11-9-24(10-12-25)32-28-29-31-13-15-35(29)19-27(33-28)21-7-8-22-17-30-18-23(22)16-21;1-33(14-5-3-2-4-6-26(35)36)24-11-9-23(10-12-24)31-27-28-30-13-15-34(28)19-25(32-27)20-7-8-21-17-29-18-22(21)16-20;;;/h10-16,18,20-21,23,32H,2-9,17,19,22,24H2,1H3,(H,37,38);7-13,15-17,19,36H,2-6,14,18,20H2,1H3,(H,32,33);7-13,15-17,19H,2-6,14,18H2,1H3,(H,31,32)(H,35,36);3*1H4. The van der Waals surface area contributed by atoms with Crippen molar-refractivity contribution in [2.45, 2.75) is 164 Å². The summed E-state index contributed by atoms with van der Waals surface area (Å²) in [5, 5.41) is 27.9. The molecule has 0 radical (unpaired) electrons. The lowest BCUT2D eigenvalue weighted by atomic mass is 10.0. The third-order valence-electron chi connectivity index (χ3n) is 21.4. The number of ketones is 2. The quantitative estimate of drug-likeness (QED) is 0.0226. The lowest BCUT2D eigenvalue weighted by Gasteiger charge is -2.22. The molecule has 12 aromatic rings. The molecule has 6 aromatic heterocycles. The zero-order valence-corrected chi connectivity index (χ0v) is 66.4. The monoisotopic (exact) mass is 1610 g/mol. The van der Waals surface area contributed by atoms with Gasteiger partial charge in [-0.3, -0.25) is 29.4 Å². The van der Waals surface area contributed by atoms with Gasteiger partial charge in [0, 0.05) is 192 Å². The maximum atomic E-state index is 12.1. The first-order chi connectivity index (χ1) is 56.8. The van der Waals surface area contributed by atoms with Crippen molar-refractivity contribution in [3.8, 4) is 33.8 Å². The van der Waals surface area contributed by atoms with Gasteiger partial charge in [-0.1, -0.05) is 97.2 Å². The van der Waals surface area contributed by atoms with Crippen molar-refractivity contribution in [2.75, 3.05) is 91.2 Å². The van der Waals surface area contributed by atoms with Crippen molar-refractivity contribution < 1.29 is 34.1 Å². The van der Waals surface area contributed by atoms with Gasteiger partial charge >= 0.3 is 5.97 Å². The molecule has 4 aliphatic rings. The topological polar surface area (TPSA) is 284 Å². The Hall–Kier alpha value is -12.3. The number of aliphatic carboxylic acids is 1. The summed E-state index contributed by atoms with van der Waals surface area (Å²) in [6.07, 6.45) is 39.1. The number of unbranched alkanes of at least 4 members (excludes halogenated alkanes) is 9. The number of carbonyl (C=O) groups is 3. The number of aliphatic imine (C=N–C) groups is 3. The van der Waals surface area contributed by atoms with Crippen LogP contribution in [-0.4, -0.2) is 156 Å². The van der Waals surface area contributed by atoms with Crippen molar-refractivity contribution >= 4 is 105 Å². The summed E-state index contributed by atoms with van der Waals surface area (Å²) in [7, 11) is 6.30. The van der Waals surface area contributed by atoms with Crippen molar-refractivity contribution in [1.82, 2.24) is 43.1 Å². The molecule has 1 unspecified atom stereocenters. The molecule has 1 fully saturated rings. The fourth-order valence-corrected chi connectivity index (χ4v) is 14.7. The van der Waals surface area contributed by atoms with Gasteiger partial charge in [0.05, 0.1) is 36.7 Å². The van der Waals surface area contributed by atoms with Gasteiger partial charge in [0.1, 0.15) is 13.2 Å². The summed E-state index contributed by atoms with van der Waals surface area (Å²) < 4.78 is 17.1. The fourth-order valence-electron chi connectivity index (χ4n) is 14.7. The predicted octanol–water partition coefficient (Wildman–Crippen LogP) is 19.0. The van der Waals surface area contributed by atoms with Gasteiger partial charge in [0.2, 0.25) is 0 Å². The van der Waals surface area contributed by atoms with Crippen LogP contribution in [0, 0.1) is 0 Å². The van der Waals surface area contributed by atoms with Crippen LogP contribution in [0.15, 0.2) is 198 Å². The van der Waals surface area contributed by atoms with Crippen LogP contribution in [0.25, 0.3) is 50.7 Å². The maximum absolute atomic E-state index is 12.1. The number of nitrogens with zero attached hydrogens (tertiary/aromatic N) is 15. The van der Waals surface area contributed by atoms with E-state index in [9.17, 15) is 14.4 Å². The number of hydrogen-bond acceptors (Lipinski definition) is 21. The molecule has 16 rings (SSSR count). The molecule has 6 aromatic carbocycles. The van der Waals surface area contributed by atoms with Crippen molar-refractivity contribution in [3.63, 3.8) is 0 Å². The zero-order valence-electron chi connectivity index (χ0n) is 66.4. The number of aliphatic hydroxyl groups excluding tert-OH is 1. The van der Waals surface area contributed by atoms with Crippen LogP contribution < -0.4 is 30.7 Å². The van der Waals surface area contributed by atoms with E-state index >= 15 is 0 Å². The summed E-state index contributed by atoms with van der Waals surface area (Å²) in [5.41, 5.74) is 21.6. The number of carboxylic acids is 1. The number of carboxylic acid groups (broad SMARTS) is 1. The number of Topliss-reactive ketones (excluding diaryl/α,β-unsaturated/α-hetero) is 2. The van der Waals surface area contributed by atoms with E-state index in [1.807, 2.05) is 69.0 Å². The summed E-state index contributed by atoms with van der Waals surface area (Å²) in [5.74, 6) is 1.52. The molecule has 1 saturated heterocycles. The van der Waals surface area contributed by atoms with Crippen LogP contribution in [0.3, 0.4) is 0 Å². The Kier molecular flexibility index (Phi) is 31.8. The van der Waals surface area contributed by atoms with Crippen LogP contribution >= 0.6 is 0 Å². The number of fused-ring (bicyclic) bond motifs is 6. The SMILES string of the molecule is C.C.C.CN(CCCCCCC(=O)CO)c1ccc(Nc2nc(-c3ccc4c(c3)CN=C4)cn3ccnc23)cc1.CN(CCCCCCC(=O)COC1CCCCO1)c1ccc(Nc2nc(-c3ccc4c(c3)CN=C4)cn3ccnc23)cc1.CN(CCCCCCC(=O)O)c1ccc(Nc2nc(-c3ccc4c(c3)CN=C4)cn3ccnc23)cc1. The number of rotatable bonds is 37. The normalized spacial score (nSPS) is 13.2. The van der Waals surface area contributed by atoms with E-state index < -0.39 is 5.97 Å². The number of aromatic nitrogens is 9. The second-order valence-electron chi connectivity index (χ2n) is 30.1. The molecular weight excluding hydrogens is 1490 g/mol. The molecule has 4 aliphatic heterocycles. The number of nitrogens with one attached hydrogen (secondary N) is 3. The second-order valence-corrected chi connectivity index (χ2v) is 30.1. The molecule has 10 heterocycles. The van der Waals surface area contributed by atoms with Crippen LogP contribution in [-0.2, 0) is 43.5 Å². The van der Waals surface area contributed by atoms with Gasteiger partial charge in [-0.15, -0.1) is 0 Å². The van der Waals surface area contributed by atoms with E-state index in [-0.39, 0.29) is 59.8 Å². The second kappa shape index (κ2) is 43.2. The van der Waals surface area contributed by atoms with Gasteiger partial charge in [-0.05, 0) is 182 Å². The molecule has 622 valence electrons. The predicted molar refractivity (Wildman–Crippen MR) is 482 cm³/mol. The van der Waals surface area contributed by atoms with Crippen LogP contribution in [0.2, 0.25) is 0 Å². The Bertz CT molecular complexity index is 5420. The Labute approximate surface area is 698 Å². The highest BCUT2D eigenvalue weighted by Crippen LogP contribution is 2.34. The smallest absolute Gasteiger partial charge is 0.303 e. The number of carbonyl (C=O) groups excluding carboxylic acids is 2. The molecular formula is C94H114N18O7. The Morgan fingerprint density at radius 2 is 0.807 bits per heavy atom. The lowest BCUT2D eigenvalue weighted by Crippen LogP contribution is -2.25. The van der Waals surface area contributed by atoms with E-state index in [0.29, 0.717) is 43.4 Å². The summed E-state index contributed by atoms with van der Waals surface area (Å²) in [6.45, 7) is 5.58. The highest BCUT2D eigenvalue weighted by atomic mass is 16.7. The number of benzene rings is 6. The van der Waals surface area contributed by atoms with E-state index in [1.54, 1.807) is 18.6 Å². The minimum absolute atomic E-state index is 0. The van der Waals surface area contributed by atoms with Crippen molar-refractivity contribution in [3.05, 3.63) is 217 Å². The Morgan fingerprint density at radius 1 is 0.454 bits per heavy atom. The number of ether oxygens (including phenoxy) is 2. The summed E-state index contributed by atoms with van der Waals surface area (Å²) in [6, 6.07) is 44.1. The van der Waals surface area contributed by atoms with E-state index in [4.69, 9.17) is 34.6 Å². The minimum atomic E-state index is -0.713. The van der Waals surface area contributed by atoms with Crippen LogP contribution in [0.4, 0.5) is 51.6 Å². The average Bonchev–Trinajstić information content (AvgIpc) is 1.74. The summed E-state index contributed by atoms with van der Waals surface area (Å²) >= 11 is 0. The molecule has 5 N–H and O–H groups in total. The lowest BCUT2D eigenvalue weighted by molar-refractivity contribution is -0.169. The molecule has 0 amide bonds. The average molecular weight is 1610 g/mol. The number of imidazole rings is 3. The first-order valence-electron chi connectivity index (χ1n) is 40.5. The maximum Gasteiger partial charge on any atom is 0.303 e. The third kappa shape index (κ3) is 23.8. The molecule has 119 heavy (non-hydrogen) atoms. The highest BCUT2D eigenvalue weighted by Gasteiger charge is 2.20. The van der Waals surface area contributed by atoms with Gasteiger partial charge in [0.25, 0.3) is 0 Å². The molecule has 0 spiro atoms. The van der Waals surface area contributed by atoms with Crippen LogP contribution in [0.5, 0.6) is 0 Å². The molecule has 0 aliphatic carbocycles. The highest BCUT2D eigenvalue weighted by molar-refractivity contribution is 5.89. The van der Waals surface area contributed by atoms with Gasteiger partial charge in [-0.25, -0.2) is 29.9 Å². The molecule has 1 atom stereocenters. The first-order valence-corrected chi connectivity index (χ1v) is 40.5. The largest absolute Gasteiger partial charge is 0.481 e. The van der Waals surface area contributed by atoms with Gasteiger partial charge in [0.15, 0.2) is 52.3 Å². The van der Waals surface area contributed by atoms with Gasteiger partial charge < -0.3 is 63.5 Å². The Balaban J connectivity index is 0.000000173. The number of aliphatic hydroxyl groups is 1. The third-order valence-corrected chi connectivity index (χ3v) is 21.4. The van der Waals surface area contributed by atoms with Crippen molar-refractivity contribution in [1.29, 1.82) is 0 Å². The fraction of sp³-hybridized carbons (Fsp3) is 0.362. The van der Waals surface area contributed by atoms with Gasteiger partial charge in [-0.2, -0.15) is 0 Å². The number of hydrogen-bond donors (Lipinski definition) is 5. The molecule has 0 bridgehead atoms. The Morgan fingerprint density at radius 3 is 1.15 bits per heavy atom. The minimum Gasteiger partial charge on any atom is -0.481 e.